The SMILES string of the molecule is COc1c(CCC2=C(C)CCCC23SCCS3)cccc1C(C)C. The van der Waals surface area contributed by atoms with E-state index >= 15 is 0 Å². The Morgan fingerprint density at radius 1 is 1.17 bits per heavy atom. The maximum atomic E-state index is 5.80. The van der Waals surface area contributed by atoms with Crippen molar-refractivity contribution in [3.05, 3.63) is 40.5 Å². The lowest BCUT2D eigenvalue weighted by Crippen LogP contribution is -2.25. The standard InChI is InChI=1S/C21H30OS2/c1-15(2)18-9-5-8-17(20(18)22-4)10-11-19-16(3)7-6-12-21(19)23-13-14-24-21/h5,8-9,15H,6-7,10-14H2,1-4H3. The average Bonchev–Trinajstić information content (AvgIpc) is 3.03. The lowest BCUT2D eigenvalue weighted by atomic mass is 9.87. The average molecular weight is 363 g/mol. The van der Waals surface area contributed by atoms with Gasteiger partial charge >= 0.3 is 0 Å². The molecule has 0 amide bonds. The van der Waals surface area contributed by atoms with Crippen molar-refractivity contribution >= 4 is 23.5 Å². The van der Waals surface area contributed by atoms with Crippen LogP contribution >= 0.6 is 23.5 Å². The van der Waals surface area contributed by atoms with Gasteiger partial charge in [-0.3, -0.25) is 0 Å². The van der Waals surface area contributed by atoms with Gasteiger partial charge in [0.25, 0.3) is 0 Å². The zero-order valence-corrected chi connectivity index (χ0v) is 17.1. The molecular weight excluding hydrogens is 332 g/mol. The van der Waals surface area contributed by atoms with Crippen molar-refractivity contribution in [3.8, 4) is 5.75 Å². The molecule has 24 heavy (non-hydrogen) atoms. The second-order valence-corrected chi connectivity index (χ2v) is 10.3. The van der Waals surface area contributed by atoms with E-state index in [1.54, 1.807) is 11.1 Å². The second kappa shape index (κ2) is 7.78. The van der Waals surface area contributed by atoms with Crippen molar-refractivity contribution in [1.29, 1.82) is 0 Å². The number of thioether (sulfide) groups is 2. The Kier molecular flexibility index (Phi) is 5.92. The Balaban J connectivity index is 1.83. The normalized spacial score (nSPS) is 20.2. The first-order valence-electron chi connectivity index (χ1n) is 9.20. The molecule has 132 valence electrons. The molecule has 0 radical (unpaired) electrons. The van der Waals surface area contributed by atoms with Crippen LogP contribution in [0, 0.1) is 0 Å². The number of para-hydroxylation sites is 1. The maximum absolute atomic E-state index is 5.80. The van der Waals surface area contributed by atoms with Crippen LogP contribution in [0.25, 0.3) is 0 Å². The number of rotatable bonds is 5. The minimum Gasteiger partial charge on any atom is -0.496 e. The number of ether oxygens (including phenoxy) is 1. The van der Waals surface area contributed by atoms with Gasteiger partial charge in [-0.2, -0.15) is 0 Å². The minimum absolute atomic E-state index is 0.394. The topological polar surface area (TPSA) is 9.23 Å². The third-order valence-electron chi connectivity index (χ3n) is 5.38. The Bertz CT molecular complexity index is 612. The van der Waals surface area contributed by atoms with E-state index in [2.05, 4.69) is 62.5 Å². The molecule has 3 rings (SSSR count). The van der Waals surface area contributed by atoms with Gasteiger partial charge in [0.05, 0.1) is 11.2 Å². The van der Waals surface area contributed by atoms with Gasteiger partial charge in [-0.1, -0.05) is 37.6 Å². The predicted octanol–water partition coefficient (Wildman–Crippen LogP) is 6.43. The van der Waals surface area contributed by atoms with E-state index < -0.39 is 0 Å². The molecule has 1 heterocycles. The van der Waals surface area contributed by atoms with Crippen LogP contribution in [-0.2, 0) is 6.42 Å². The van der Waals surface area contributed by atoms with E-state index in [-0.39, 0.29) is 0 Å². The fraction of sp³-hybridized carbons (Fsp3) is 0.619. The van der Waals surface area contributed by atoms with Gasteiger partial charge in [-0.15, -0.1) is 23.5 Å². The van der Waals surface area contributed by atoms with Crippen molar-refractivity contribution in [2.75, 3.05) is 18.6 Å². The first-order chi connectivity index (χ1) is 11.6. The highest BCUT2D eigenvalue weighted by Gasteiger charge is 2.41. The smallest absolute Gasteiger partial charge is 0.125 e. The van der Waals surface area contributed by atoms with E-state index in [0.29, 0.717) is 10.00 Å². The molecule has 2 aliphatic rings. The Labute approximate surface area is 156 Å². The monoisotopic (exact) mass is 362 g/mol. The number of benzene rings is 1. The molecule has 1 saturated heterocycles. The van der Waals surface area contributed by atoms with E-state index in [1.807, 2.05) is 7.11 Å². The highest BCUT2D eigenvalue weighted by atomic mass is 32.2. The molecule has 0 unspecified atom stereocenters. The highest BCUT2D eigenvalue weighted by Crippen LogP contribution is 2.56. The van der Waals surface area contributed by atoms with Gasteiger partial charge in [-0.25, -0.2) is 0 Å². The summed E-state index contributed by atoms with van der Waals surface area (Å²) < 4.78 is 6.19. The van der Waals surface area contributed by atoms with Gasteiger partial charge in [0.1, 0.15) is 5.75 Å². The number of hydrogen-bond donors (Lipinski definition) is 0. The maximum Gasteiger partial charge on any atom is 0.125 e. The summed E-state index contributed by atoms with van der Waals surface area (Å²) in [5.74, 6) is 4.24. The van der Waals surface area contributed by atoms with Gasteiger partial charge in [0.2, 0.25) is 0 Å². The van der Waals surface area contributed by atoms with Crippen LogP contribution in [0.15, 0.2) is 29.3 Å². The summed E-state index contributed by atoms with van der Waals surface area (Å²) >= 11 is 4.41. The third kappa shape index (κ3) is 3.53. The predicted molar refractivity (Wildman–Crippen MR) is 110 cm³/mol. The molecular formula is C21H30OS2. The van der Waals surface area contributed by atoms with Gasteiger partial charge in [0, 0.05) is 11.5 Å². The molecule has 1 aromatic carbocycles. The van der Waals surface area contributed by atoms with Gasteiger partial charge in [0.15, 0.2) is 0 Å². The Morgan fingerprint density at radius 2 is 1.92 bits per heavy atom. The molecule has 0 bridgehead atoms. The fourth-order valence-corrected chi connectivity index (χ4v) is 7.79. The highest BCUT2D eigenvalue weighted by molar-refractivity contribution is 8.21. The van der Waals surface area contributed by atoms with Crippen LogP contribution in [-0.4, -0.2) is 22.7 Å². The van der Waals surface area contributed by atoms with Gasteiger partial charge < -0.3 is 4.74 Å². The van der Waals surface area contributed by atoms with Crippen molar-refractivity contribution in [2.24, 2.45) is 0 Å². The molecule has 1 aliphatic heterocycles. The quantitative estimate of drug-likeness (QED) is 0.559. The van der Waals surface area contributed by atoms with Crippen LogP contribution in [0.1, 0.15) is 63.5 Å². The lowest BCUT2D eigenvalue weighted by Gasteiger charge is -2.36. The molecule has 0 saturated carbocycles. The summed E-state index contributed by atoms with van der Waals surface area (Å²) in [5, 5.41) is 0. The molecule has 1 aliphatic carbocycles. The van der Waals surface area contributed by atoms with E-state index in [0.717, 1.165) is 12.2 Å². The van der Waals surface area contributed by atoms with Gasteiger partial charge in [-0.05, 0) is 61.6 Å². The summed E-state index contributed by atoms with van der Waals surface area (Å²) in [7, 11) is 1.82. The summed E-state index contributed by atoms with van der Waals surface area (Å²) in [4.78, 5) is 0. The van der Waals surface area contributed by atoms with E-state index in [9.17, 15) is 0 Å². The molecule has 1 fully saturated rings. The largest absolute Gasteiger partial charge is 0.496 e. The molecule has 0 atom stereocenters. The van der Waals surface area contributed by atoms with Crippen LogP contribution in [0.4, 0.5) is 0 Å². The Morgan fingerprint density at radius 3 is 2.58 bits per heavy atom. The first-order valence-corrected chi connectivity index (χ1v) is 11.2. The third-order valence-corrected chi connectivity index (χ3v) is 9.00. The Hall–Kier alpha value is -0.540. The number of aryl methyl sites for hydroxylation is 1. The van der Waals surface area contributed by atoms with Crippen LogP contribution < -0.4 is 4.74 Å². The molecule has 3 heteroatoms. The van der Waals surface area contributed by atoms with Crippen molar-refractivity contribution in [3.63, 3.8) is 0 Å². The number of allylic oxidation sites excluding steroid dienone is 1. The number of methoxy groups -OCH3 is 1. The molecule has 1 spiro atoms. The summed E-state index contributed by atoms with van der Waals surface area (Å²) in [6, 6.07) is 6.66. The van der Waals surface area contributed by atoms with E-state index in [4.69, 9.17) is 4.74 Å². The molecule has 1 nitrogen and oxygen atoms in total. The van der Waals surface area contributed by atoms with Crippen molar-refractivity contribution in [2.45, 2.75) is 62.9 Å². The summed E-state index contributed by atoms with van der Waals surface area (Å²) in [5.41, 5.74) is 6.10. The van der Waals surface area contributed by atoms with Crippen LogP contribution in [0.5, 0.6) is 5.75 Å². The number of hydrogen-bond acceptors (Lipinski definition) is 3. The zero-order valence-electron chi connectivity index (χ0n) is 15.5. The summed E-state index contributed by atoms with van der Waals surface area (Å²) in [6.07, 6.45) is 6.30. The first kappa shape index (κ1) is 18.3. The molecule has 0 aromatic heterocycles. The molecule has 1 aromatic rings. The van der Waals surface area contributed by atoms with Crippen LogP contribution in [0.2, 0.25) is 0 Å². The molecule has 0 N–H and O–H groups in total. The van der Waals surface area contributed by atoms with E-state index in [1.165, 1.54) is 48.3 Å². The van der Waals surface area contributed by atoms with Crippen molar-refractivity contribution in [1.82, 2.24) is 0 Å². The minimum atomic E-state index is 0.394. The zero-order chi connectivity index (χ0) is 17.2. The lowest BCUT2D eigenvalue weighted by molar-refractivity contribution is 0.402. The second-order valence-electron chi connectivity index (χ2n) is 7.26. The summed E-state index contributed by atoms with van der Waals surface area (Å²) in [6.45, 7) is 6.87. The fourth-order valence-electron chi connectivity index (χ4n) is 4.16. The van der Waals surface area contributed by atoms with Crippen LogP contribution in [0.3, 0.4) is 0 Å². The van der Waals surface area contributed by atoms with Crippen molar-refractivity contribution < 1.29 is 4.74 Å².